The molecule has 3 N–H and O–H groups in total. The van der Waals surface area contributed by atoms with E-state index >= 15 is 0 Å². The molecular formula is C30H45N3O2. The van der Waals surface area contributed by atoms with Crippen LogP contribution in [0.4, 0.5) is 5.69 Å². The number of rotatable bonds is 18. The standard InChI is InChI=1S/C30H45N3O2/c1-2-3-4-5-6-7-8-9-10-11-12-13-14-15-23-33-29(34)25-18-16-17-24-27(32-22-21-31)20-19-26(28(24)25)30(33)35/h16-20,32H,2-15,21-23,31H2,1H3. The molecule has 0 bridgehead atoms. The second kappa shape index (κ2) is 14.9. The maximum absolute atomic E-state index is 13.2. The molecule has 1 aliphatic rings. The van der Waals surface area contributed by atoms with Gasteiger partial charge in [0.1, 0.15) is 0 Å². The minimum absolute atomic E-state index is 0.168. The molecule has 0 saturated carbocycles. The number of imide groups is 1. The first-order chi connectivity index (χ1) is 17.2. The van der Waals surface area contributed by atoms with E-state index in [9.17, 15) is 9.59 Å². The van der Waals surface area contributed by atoms with Crippen molar-refractivity contribution < 1.29 is 9.59 Å². The SMILES string of the molecule is CCCCCCCCCCCCCCCCN1C(=O)c2cccc3c(NCCN)ccc(c23)C1=O. The van der Waals surface area contributed by atoms with Crippen LogP contribution in [0.2, 0.25) is 0 Å². The zero-order valence-corrected chi connectivity index (χ0v) is 21.7. The minimum atomic E-state index is -0.168. The Hall–Kier alpha value is -2.40. The van der Waals surface area contributed by atoms with Gasteiger partial charge in [-0.2, -0.15) is 0 Å². The smallest absolute Gasteiger partial charge is 0.261 e. The summed E-state index contributed by atoms with van der Waals surface area (Å²) in [6.07, 6.45) is 18.0. The van der Waals surface area contributed by atoms with Gasteiger partial charge in [-0.3, -0.25) is 14.5 Å². The Kier molecular flexibility index (Phi) is 11.6. The van der Waals surface area contributed by atoms with Crippen LogP contribution in [0.3, 0.4) is 0 Å². The Labute approximate surface area is 211 Å². The highest BCUT2D eigenvalue weighted by molar-refractivity contribution is 6.26. The van der Waals surface area contributed by atoms with Crippen molar-refractivity contribution >= 4 is 28.3 Å². The summed E-state index contributed by atoms with van der Waals surface area (Å²) in [6, 6.07) is 9.47. The van der Waals surface area contributed by atoms with Crippen molar-refractivity contribution in [3.05, 3.63) is 41.5 Å². The van der Waals surface area contributed by atoms with Gasteiger partial charge in [0.25, 0.3) is 11.8 Å². The predicted molar refractivity (Wildman–Crippen MR) is 147 cm³/mol. The molecule has 0 aromatic heterocycles. The molecule has 0 fully saturated rings. The van der Waals surface area contributed by atoms with Crippen LogP contribution in [0.15, 0.2) is 30.3 Å². The molecule has 0 radical (unpaired) electrons. The van der Waals surface area contributed by atoms with Gasteiger partial charge in [0.05, 0.1) is 0 Å². The van der Waals surface area contributed by atoms with Crippen molar-refractivity contribution in [3.8, 4) is 0 Å². The summed E-state index contributed by atoms with van der Waals surface area (Å²) in [7, 11) is 0. The van der Waals surface area contributed by atoms with Crippen LogP contribution < -0.4 is 11.1 Å². The molecule has 1 heterocycles. The number of nitrogens with zero attached hydrogens (tertiary/aromatic N) is 1. The van der Waals surface area contributed by atoms with Gasteiger partial charge in [-0.25, -0.2) is 0 Å². The fourth-order valence-corrected chi connectivity index (χ4v) is 5.17. The molecule has 3 rings (SSSR count). The van der Waals surface area contributed by atoms with Gasteiger partial charge < -0.3 is 11.1 Å². The van der Waals surface area contributed by atoms with Crippen LogP contribution in [0, 0.1) is 0 Å². The topological polar surface area (TPSA) is 75.4 Å². The minimum Gasteiger partial charge on any atom is -0.383 e. The number of amides is 2. The highest BCUT2D eigenvalue weighted by Gasteiger charge is 2.32. The molecule has 2 aromatic carbocycles. The predicted octanol–water partition coefficient (Wildman–Crippen LogP) is 7.29. The van der Waals surface area contributed by atoms with Crippen molar-refractivity contribution in [3.63, 3.8) is 0 Å². The summed E-state index contributed by atoms with van der Waals surface area (Å²) >= 11 is 0. The fraction of sp³-hybridized carbons (Fsp3) is 0.600. The lowest BCUT2D eigenvalue weighted by atomic mass is 9.92. The molecule has 0 spiro atoms. The molecule has 0 atom stereocenters. The van der Waals surface area contributed by atoms with Crippen molar-refractivity contribution in [2.24, 2.45) is 5.73 Å². The number of unbranched alkanes of at least 4 members (excludes halogenated alkanes) is 13. The number of anilines is 1. The number of nitrogens with one attached hydrogen (secondary N) is 1. The van der Waals surface area contributed by atoms with Crippen molar-refractivity contribution in [1.29, 1.82) is 0 Å². The summed E-state index contributed by atoms with van der Waals surface area (Å²) in [4.78, 5) is 27.8. The van der Waals surface area contributed by atoms with E-state index in [4.69, 9.17) is 5.73 Å². The first-order valence-electron chi connectivity index (χ1n) is 14.0. The van der Waals surface area contributed by atoms with Gasteiger partial charge >= 0.3 is 0 Å². The molecule has 5 heteroatoms. The monoisotopic (exact) mass is 479 g/mol. The first kappa shape index (κ1) is 27.2. The summed E-state index contributed by atoms with van der Waals surface area (Å²) in [5.41, 5.74) is 7.79. The Bertz CT molecular complexity index is 934. The zero-order chi connectivity index (χ0) is 24.9. The van der Waals surface area contributed by atoms with Gasteiger partial charge in [-0.15, -0.1) is 0 Å². The van der Waals surface area contributed by atoms with E-state index < -0.39 is 0 Å². The number of hydrogen-bond donors (Lipinski definition) is 2. The van der Waals surface area contributed by atoms with E-state index in [0.717, 1.165) is 29.3 Å². The van der Waals surface area contributed by atoms with Gasteiger partial charge in [0, 0.05) is 47.2 Å². The molecular weight excluding hydrogens is 434 g/mol. The van der Waals surface area contributed by atoms with E-state index in [0.29, 0.717) is 30.8 Å². The lowest BCUT2D eigenvalue weighted by molar-refractivity contribution is 0.0607. The van der Waals surface area contributed by atoms with Gasteiger partial charge in [-0.1, -0.05) is 103 Å². The number of nitrogens with two attached hydrogens (primary N) is 1. The summed E-state index contributed by atoms with van der Waals surface area (Å²) in [5.74, 6) is -0.336. The average molecular weight is 480 g/mol. The molecule has 0 saturated heterocycles. The molecule has 5 nitrogen and oxygen atoms in total. The number of carbonyl (C=O) groups is 2. The third-order valence-corrected chi connectivity index (χ3v) is 7.19. The van der Waals surface area contributed by atoms with Crippen molar-refractivity contribution in [2.45, 2.75) is 96.8 Å². The van der Waals surface area contributed by atoms with Crippen molar-refractivity contribution in [2.75, 3.05) is 25.0 Å². The molecule has 0 unspecified atom stereocenters. The second-order valence-electron chi connectivity index (χ2n) is 9.96. The molecule has 2 amide bonds. The lowest BCUT2D eigenvalue weighted by Gasteiger charge is -2.28. The lowest BCUT2D eigenvalue weighted by Crippen LogP contribution is -2.40. The Morgan fingerprint density at radius 2 is 1.26 bits per heavy atom. The normalized spacial score (nSPS) is 13.1. The van der Waals surface area contributed by atoms with E-state index in [1.54, 1.807) is 0 Å². The van der Waals surface area contributed by atoms with E-state index in [1.807, 2.05) is 30.3 Å². The average Bonchev–Trinajstić information content (AvgIpc) is 2.88. The van der Waals surface area contributed by atoms with E-state index in [-0.39, 0.29) is 11.8 Å². The van der Waals surface area contributed by atoms with Crippen LogP contribution in [0.25, 0.3) is 10.8 Å². The third kappa shape index (κ3) is 7.54. The maximum Gasteiger partial charge on any atom is 0.261 e. The van der Waals surface area contributed by atoms with Crippen LogP contribution in [-0.4, -0.2) is 36.3 Å². The Balaban J connectivity index is 1.38. The molecule has 35 heavy (non-hydrogen) atoms. The number of benzene rings is 2. The number of carbonyl (C=O) groups excluding carboxylic acids is 2. The molecule has 192 valence electrons. The van der Waals surface area contributed by atoms with Crippen LogP contribution >= 0.6 is 0 Å². The summed E-state index contributed by atoms with van der Waals surface area (Å²) in [5, 5.41) is 4.98. The molecule has 2 aromatic rings. The summed E-state index contributed by atoms with van der Waals surface area (Å²) < 4.78 is 0. The van der Waals surface area contributed by atoms with Crippen LogP contribution in [0.5, 0.6) is 0 Å². The van der Waals surface area contributed by atoms with Crippen molar-refractivity contribution in [1.82, 2.24) is 4.90 Å². The first-order valence-corrected chi connectivity index (χ1v) is 14.0. The molecule has 1 aliphatic heterocycles. The highest BCUT2D eigenvalue weighted by atomic mass is 16.2. The van der Waals surface area contributed by atoms with E-state index in [2.05, 4.69) is 12.2 Å². The quantitative estimate of drug-likeness (QED) is 0.174. The fourth-order valence-electron chi connectivity index (χ4n) is 5.17. The Morgan fingerprint density at radius 3 is 1.83 bits per heavy atom. The van der Waals surface area contributed by atoms with Crippen LogP contribution in [0.1, 0.15) is 118 Å². The van der Waals surface area contributed by atoms with Gasteiger partial charge in [0.2, 0.25) is 0 Å². The third-order valence-electron chi connectivity index (χ3n) is 7.19. The van der Waals surface area contributed by atoms with Gasteiger partial charge in [-0.05, 0) is 24.6 Å². The second-order valence-corrected chi connectivity index (χ2v) is 9.96. The van der Waals surface area contributed by atoms with Crippen LogP contribution in [-0.2, 0) is 0 Å². The van der Waals surface area contributed by atoms with Gasteiger partial charge in [0.15, 0.2) is 0 Å². The molecule has 0 aliphatic carbocycles. The highest BCUT2D eigenvalue weighted by Crippen LogP contribution is 2.34. The number of hydrogen-bond acceptors (Lipinski definition) is 4. The largest absolute Gasteiger partial charge is 0.383 e. The Morgan fingerprint density at radius 1 is 0.714 bits per heavy atom. The van der Waals surface area contributed by atoms with E-state index in [1.165, 1.54) is 81.9 Å². The summed E-state index contributed by atoms with van der Waals surface area (Å²) in [6.45, 7) is 3.93. The zero-order valence-electron chi connectivity index (χ0n) is 21.7. The maximum atomic E-state index is 13.2.